The van der Waals surface area contributed by atoms with E-state index in [2.05, 4.69) is 11.9 Å². The molecule has 1 aliphatic rings. The first kappa shape index (κ1) is 22.5. The van der Waals surface area contributed by atoms with E-state index in [-0.39, 0.29) is 18.8 Å². The largest absolute Gasteiger partial charge is 0.479 e. The molecule has 1 fully saturated rings. The molecule has 1 aliphatic carbocycles. The quantitative estimate of drug-likeness (QED) is 0.590. The average Bonchev–Trinajstić information content (AvgIpc) is 3.10. The number of aromatic nitrogens is 1. The maximum atomic E-state index is 11.2. The third-order valence-corrected chi connectivity index (χ3v) is 5.42. The summed E-state index contributed by atoms with van der Waals surface area (Å²) in [5.74, 6) is 0.428. The van der Waals surface area contributed by atoms with Gasteiger partial charge in [-0.2, -0.15) is 0 Å². The van der Waals surface area contributed by atoms with Gasteiger partial charge in [0, 0.05) is 25.0 Å². The Balaban J connectivity index is 1.51. The van der Waals surface area contributed by atoms with Crippen LogP contribution in [0.2, 0.25) is 0 Å². The standard InChI is InChI=1S/C23H31NO6/c1-4-27-21(23(25)26)14-29-19-7-5-6-18(12-19)28-13-20-16(3)30-22(24-20)17-10-8-15(2)9-11-17/h8-11,18-19,21H,4-7,12-14H2,1-3H3,(H,25,26)/p+1/t18-,19+,21?/m0/s1. The van der Waals surface area contributed by atoms with E-state index in [4.69, 9.17) is 18.6 Å². The van der Waals surface area contributed by atoms with Crippen LogP contribution < -0.4 is 0 Å². The van der Waals surface area contributed by atoms with Gasteiger partial charge in [-0.1, -0.05) is 17.7 Å². The van der Waals surface area contributed by atoms with E-state index in [1.807, 2.05) is 31.2 Å². The summed E-state index contributed by atoms with van der Waals surface area (Å²) in [6.45, 7) is 6.68. The summed E-state index contributed by atoms with van der Waals surface area (Å²) in [4.78, 5) is 15.8. The van der Waals surface area contributed by atoms with Crippen LogP contribution in [0.4, 0.5) is 0 Å². The van der Waals surface area contributed by atoms with Crippen LogP contribution in [0.15, 0.2) is 28.7 Å². The van der Waals surface area contributed by atoms with Crippen molar-refractivity contribution in [3.8, 4) is 11.5 Å². The minimum atomic E-state index is -0.986. The lowest BCUT2D eigenvalue weighted by Gasteiger charge is -2.27. The number of oxazole rings is 1. The Morgan fingerprint density at radius 1 is 1.30 bits per heavy atom. The number of nitrogens with zero attached hydrogens (tertiary/aromatic N) is 1. The normalized spacial score (nSPS) is 20.2. The number of hydrogen-bond acceptors (Lipinski definition) is 5. The van der Waals surface area contributed by atoms with Crippen molar-refractivity contribution in [1.29, 1.82) is 0 Å². The van der Waals surface area contributed by atoms with Gasteiger partial charge in [-0.25, -0.2) is 9.78 Å². The number of carbonyl (C=O) groups is 1. The highest BCUT2D eigenvalue weighted by molar-refractivity contribution is 5.72. The Bertz CT molecular complexity index is 816. The number of aryl methyl sites for hydroxylation is 2. The maximum Gasteiger partial charge on any atom is 0.335 e. The molecule has 164 valence electrons. The monoisotopic (exact) mass is 418 g/mol. The van der Waals surface area contributed by atoms with Gasteiger partial charge in [0.2, 0.25) is 5.89 Å². The van der Waals surface area contributed by atoms with Crippen molar-refractivity contribution < 1.29 is 28.5 Å². The molecule has 7 nitrogen and oxygen atoms in total. The number of hydrogen-bond donors (Lipinski definition) is 1. The Kier molecular flexibility index (Phi) is 8.01. The van der Waals surface area contributed by atoms with Crippen LogP contribution in [0.1, 0.15) is 49.6 Å². The molecule has 1 aromatic carbocycles. The molecule has 2 N–H and O–H groups in total. The molecule has 3 atom stereocenters. The highest BCUT2D eigenvalue weighted by Gasteiger charge is 2.29. The highest BCUT2D eigenvalue weighted by Crippen LogP contribution is 2.26. The first-order chi connectivity index (χ1) is 14.5. The van der Waals surface area contributed by atoms with Crippen LogP contribution in [0.5, 0.6) is 0 Å². The molecule has 3 rings (SSSR count). The zero-order valence-electron chi connectivity index (χ0n) is 18.0. The smallest absolute Gasteiger partial charge is 0.335 e. The van der Waals surface area contributed by atoms with E-state index in [9.17, 15) is 9.90 Å². The second-order valence-electron chi connectivity index (χ2n) is 7.79. The predicted octanol–water partition coefficient (Wildman–Crippen LogP) is 3.80. The molecule has 0 spiro atoms. The fourth-order valence-electron chi connectivity index (χ4n) is 3.66. The van der Waals surface area contributed by atoms with E-state index in [1.54, 1.807) is 6.92 Å². The summed E-state index contributed by atoms with van der Waals surface area (Å²) in [7, 11) is 0. The molecule has 30 heavy (non-hydrogen) atoms. The zero-order valence-corrected chi connectivity index (χ0v) is 18.0. The highest BCUT2D eigenvalue weighted by atomic mass is 16.6. The molecule has 7 heteroatoms. The fourth-order valence-corrected chi connectivity index (χ4v) is 3.66. The third kappa shape index (κ3) is 6.14. The Morgan fingerprint density at radius 3 is 2.77 bits per heavy atom. The van der Waals surface area contributed by atoms with E-state index in [0.717, 1.165) is 42.7 Å². The molecule has 1 saturated carbocycles. The van der Waals surface area contributed by atoms with Crippen molar-refractivity contribution in [2.75, 3.05) is 13.2 Å². The van der Waals surface area contributed by atoms with Gasteiger partial charge in [0.1, 0.15) is 5.76 Å². The van der Waals surface area contributed by atoms with E-state index < -0.39 is 12.1 Å². The molecule has 1 heterocycles. The third-order valence-electron chi connectivity index (χ3n) is 5.42. The lowest BCUT2D eigenvalue weighted by atomic mass is 9.95. The Hall–Kier alpha value is -2.22. The SMILES string of the molecule is CCOC(CO[C@@H]1CCC[C@H]([OH+]Cc2nc(-c3ccc(C)cc3)oc2C)C1)C(=O)O. The van der Waals surface area contributed by atoms with Gasteiger partial charge in [0.25, 0.3) is 0 Å². The predicted molar refractivity (Wildman–Crippen MR) is 112 cm³/mol. The summed E-state index contributed by atoms with van der Waals surface area (Å²) >= 11 is 0. The van der Waals surface area contributed by atoms with Crippen LogP contribution in [0, 0.1) is 13.8 Å². The average molecular weight is 419 g/mol. The molecule has 0 bridgehead atoms. The first-order valence-corrected chi connectivity index (χ1v) is 10.6. The number of aliphatic hydroxyl groups is 2. The fraction of sp³-hybridized carbons (Fsp3) is 0.565. The summed E-state index contributed by atoms with van der Waals surface area (Å²) < 4.78 is 21.7. The van der Waals surface area contributed by atoms with E-state index >= 15 is 0 Å². The van der Waals surface area contributed by atoms with Crippen molar-refractivity contribution in [2.24, 2.45) is 0 Å². The molecule has 0 aliphatic heterocycles. The summed E-state index contributed by atoms with van der Waals surface area (Å²) in [6, 6.07) is 8.11. The minimum absolute atomic E-state index is 0.0105. The van der Waals surface area contributed by atoms with Gasteiger partial charge in [0.05, 0.1) is 12.7 Å². The van der Waals surface area contributed by atoms with Crippen LogP contribution >= 0.6 is 0 Å². The first-order valence-electron chi connectivity index (χ1n) is 10.6. The second-order valence-corrected chi connectivity index (χ2v) is 7.79. The van der Waals surface area contributed by atoms with Gasteiger partial charge >= 0.3 is 5.97 Å². The Morgan fingerprint density at radius 2 is 2.07 bits per heavy atom. The summed E-state index contributed by atoms with van der Waals surface area (Å²) in [6.07, 6.45) is 3.01. The van der Waals surface area contributed by atoms with E-state index in [1.165, 1.54) is 5.56 Å². The van der Waals surface area contributed by atoms with Gasteiger partial charge in [-0.15, -0.1) is 0 Å². The zero-order chi connectivity index (χ0) is 21.5. The van der Waals surface area contributed by atoms with Crippen molar-refractivity contribution in [3.05, 3.63) is 41.3 Å². The van der Waals surface area contributed by atoms with Gasteiger partial charge in [-0.05, 0) is 45.7 Å². The number of rotatable bonds is 10. The lowest BCUT2D eigenvalue weighted by molar-refractivity contribution is -0.167. The summed E-state index contributed by atoms with van der Waals surface area (Å²) in [5.41, 5.74) is 3.02. The number of ether oxygens (including phenoxy) is 3. The minimum Gasteiger partial charge on any atom is -0.479 e. The van der Waals surface area contributed by atoms with Crippen LogP contribution in [0.3, 0.4) is 0 Å². The van der Waals surface area contributed by atoms with E-state index in [0.29, 0.717) is 19.1 Å². The van der Waals surface area contributed by atoms with Crippen molar-refractivity contribution >= 4 is 5.97 Å². The molecule has 0 radical (unpaired) electrons. The lowest BCUT2D eigenvalue weighted by Crippen LogP contribution is -2.35. The molecular weight excluding hydrogens is 386 g/mol. The molecular formula is C23H32NO6+. The molecule has 1 unspecified atom stereocenters. The summed E-state index contributed by atoms with van der Waals surface area (Å²) in [5, 5.41) is 9.18. The van der Waals surface area contributed by atoms with Crippen molar-refractivity contribution in [2.45, 2.75) is 71.4 Å². The number of carboxylic acids is 1. The maximum absolute atomic E-state index is 11.2. The second kappa shape index (κ2) is 10.7. The van der Waals surface area contributed by atoms with Crippen LogP contribution in [-0.4, -0.2) is 52.3 Å². The topological polar surface area (TPSA) is 94.6 Å². The molecule has 0 saturated heterocycles. The van der Waals surface area contributed by atoms with Crippen molar-refractivity contribution in [1.82, 2.24) is 4.98 Å². The van der Waals surface area contributed by atoms with Gasteiger partial charge < -0.3 is 23.7 Å². The number of carboxylic acid groups (broad SMARTS) is 1. The molecule has 0 amide bonds. The number of benzene rings is 1. The van der Waals surface area contributed by atoms with Crippen LogP contribution in [-0.2, 0) is 20.9 Å². The van der Waals surface area contributed by atoms with Crippen LogP contribution in [0.25, 0.3) is 11.5 Å². The van der Waals surface area contributed by atoms with Gasteiger partial charge in [-0.3, -0.25) is 0 Å². The molecule has 2 aromatic rings. The van der Waals surface area contributed by atoms with Gasteiger partial charge in [0.15, 0.2) is 24.5 Å². The molecule has 1 aromatic heterocycles. The number of aliphatic carboxylic acids is 1. The van der Waals surface area contributed by atoms with Crippen molar-refractivity contribution in [3.63, 3.8) is 0 Å². The Labute approximate surface area is 177 Å².